The fraction of sp³-hybridized carbons (Fsp3) is 0.415. The van der Waals surface area contributed by atoms with Crippen molar-refractivity contribution in [3.05, 3.63) is 144 Å². The van der Waals surface area contributed by atoms with Gasteiger partial charge in [-0.25, -0.2) is 0 Å². The maximum absolute atomic E-state index is 6.71. The summed E-state index contributed by atoms with van der Waals surface area (Å²) < 4.78 is 51.4. The fourth-order valence-corrected chi connectivity index (χ4v) is 6.32. The molecule has 0 aromatic heterocycles. The van der Waals surface area contributed by atoms with Crippen molar-refractivity contribution in [2.45, 2.75) is 95.4 Å². The lowest BCUT2D eigenvalue weighted by molar-refractivity contribution is -0.330. The first kappa shape index (κ1) is 35.4. The summed E-state index contributed by atoms with van der Waals surface area (Å²) in [6.07, 6.45) is -1.85. The Balaban J connectivity index is 1.16. The quantitative estimate of drug-likeness (QED) is 0.124. The van der Waals surface area contributed by atoms with Crippen LogP contribution in [0, 0.1) is 0 Å². The lowest BCUT2D eigenvalue weighted by atomic mass is 9.97. The Morgan fingerprint density at radius 3 is 1.43 bits per heavy atom. The Kier molecular flexibility index (Phi) is 13.4. The highest BCUT2D eigenvalue weighted by Crippen LogP contribution is 2.32. The maximum atomic E-state index is 6.71. The standard InChI is InChI=1S/C41H48O8/c1-30-35(43-25-31-15-7-3-8-16-31)23-24-37(48-30)44-29-36-38(45-26-32-17-9-4-10-18-32)39(46-27-33-19-11-5-12-20-33)40(41(42-2)49-36)47-28-34-21-13-6-14-22-34/h3-22,30,35-41H,23-29H2,1-2H3. The summed E-state index contributed by atoms with van der Waals surface area (Å²) in [7, 11) is 1.63. The molecule has 2 fully saturated rings. The topological polar surface area (TPSA) is 73.8 Å². The van der Waals surface area contributed by atoms with Crippen LogP contribution in [0.4, 0.5) is 0 Å². The van der Waals surface area contributed by atoms with E-state index in [1.165, 1.54) is 0 Å². The third kappa shape index (κ3) is 10.3. The molecule has 0 radical (unpaired) electrons. The van der Waals surface area contributed by atoms with Crippen LogP contribution >= 0.6 is 0 Å². The average Bonchev–Trinajstić information content (AvgIpc) is 3.16. The summed E-state index contributed by atoms with van der Waals surface area (Å²) in [6, 6.07) is 40.5. The molecule has 0 N–H and O–H groups in total. The van der Waals surface area contributed by atoms with E-state index in [2.05, 4.69) is 12.1 Å². The zero-order valence-corrected chi connectivity index (χ0v) is 28.4. The second kappa shape index (κ2) is 18.5. The van der Waals surface area contributed by atoms with Crippen LogP contribution in [0.5, 0.6) is 0 Å². The van der Waals surface area contributed by atoms with Crippen LogP contribution in [0.25, 0.3) is 0 Å². The Morgan fingerprint density at radius 1 is 0.510 bits per heavy atom. The predicted molar refractivity (Wildman–Crippen MR) is 185 cm³/mol. The van der Waals surface area contributed by atoms with Crippen molar-refractivity contribution >= 4 is 0 Å². The molecule has 8 heteroatoms. The van der Waals surface area contributed by atoms with E-state index in [4.69, 9.17) is 37.9 Å². The molecule has 8 atom stereocenters. The first-order valence-electron chi connectivity index (χ1n) is 17.2. The molecule has 2 aliphatic rings. The molecule has 0 amide bonds. The van der Waals surface area contributed by atoms with Gasteiger partial charge >= 0.3 is 0 Å². The molecule has 8 nitrogen and oxygen atoms in total. The smallest absolute Gasteiger partial charge is 0.186 e. The Hall–Kier alpha value is -3.44. The van der Waals surface area contributed by atoms with Crippen molar-refractivity contribution in [1.29, 1.82) is 0 Å². The largest absolute Gasteiger partial charge is 0.371 e. The minimum atomic E-state index is -0.711. The Bertz CT molecular complexity index is 1470. The van der Waals surface area contributed by atoms with Gasteiger partial charge < -0.3 is 37.9 Å². The molecule has 8 unspecified atom stereocenters. The summed E-state index contributed by atoms with van der Waals surface area (Å²) >= 11 is 0. The number of ether oxygens (including phenoxy) is 8. The summed E-state index contributed by atoms with van der Waals surface area (Å²) in [5, 5.41) is 0. The third-order valence-corrected chi connectivity index (χ3v) is 9.01. The van der Waals surface area contributed by atoms with Crippen LogP contribution in [-0.2, 0) is 64.3 Å². The Morgan fingerprint density at radius 2 is 0.959 bits per heavy atom. The van der Waals surface area contributed by atoms with Crippen molar-refractivity contribution in [3.8, 4) is 0 Å². The number of hydrogen-bond acceptors (Lipinski definition) is 8. The molecule has 260 valence electrons. The van der Waals surface area contributed by atoms with E-state index in [1.54, 1.807) is 7.11 Å². The first-order valence-corrected chi connectivity index (χ1v) is 17.2. The third-order valence-electron chi connectivity index (χ3n) is 9.01. The minimum Gasteiger partial charge on any atom is -0.371 e. The second-order valence-corrected chi connectivity index (χ2v) is 12.6. The molecular formula is C41H48O8. The lowest BCUT2D eigenvalue weighted by Crippen LogP contribution is -2.61. The molecule has 4 aromatic carbocycles. The van der Waals surface area contributed by atoms with Gasteiger partial charge in [-0.2, -0.15) is 0 Å². The molecule has 2 aliphatic heterocycles. The van der Waals surface area contributed by atoms with Gasteiger partial charge in [0.25, 0.3) is 0 Å². The van der Waals surface area contributed by atoms with Gasteiger partial charge in [-0.05, 0) is 35.6 Å². The van der Waals surface area contributed by atoms with Crippen molar-refractivity contribution in [2.75, 3.05) is 13.7 Å². The normalized spacial score (nSPS) is 27.1. The molecule has 6 rings (SSSR count). The SMILES string of the molecule is COC1OC(COC2CCC(OCc3ccccc3)C(C)O2)C(OCc2ccccc2)C(OCc2ccccc2)C1OCc1ccccc1. The van der Waals surface area contributed by atoms with E-state index in [9.17, 15) is 0 Å². The van der Waals surface area contributed by atoms with E-state index in [1.807, 2.05) is 116 Å². The minimum absolute atomic E-state index is 0.0101. The molecule has 2 saturated heterocycles. The van der Waals surface area contributed by atoms with Crippen molar-refractivity contribution < 1.29 is 37.9 Å². The number of hydrogen-bond donors (Lipinski definition) is 0. The molecule has 2 heterocycles. The Labute approximate surface area is 290 Å². The van der Waals surface area contributed by atoms with Crippen LogP contribution in [0.1, 0.15) is 42.0 Å². The van der Waals surface area contributed by atoms with E-state index >= 15 is 0 Å². The number of benzene rings is 4. The molecule has 0 spiro atoms. The van der Waals surface area contributed by atoms with E-state index < -0.39 is 37.0 Å². The van der Waals surface area contributed by atoms with Gasteiger partial charge in [0.1, 0.15) is 24.4 Å². The summed E-state index contributed by atoms with van der Waals surface area (Å²) in [5.74, 6) is 0. The van der Waals surface area contributed by atoms with Crippen LogP contribution in [0.3, 0.4) is 0 Å². The monoisotopic (exact) mass is 668 g/mol. The zero-order chi connectivity index (χ0) is 33.7. The van der Waals surface area contributed by atoms with Crippen LogP contribution in [-0.4, -0.2) is 62.9 Å². The van der Waals surface area contributed by atoms with Crippen molar-refractivity contribution in [1.82, 2.24) is 0 Å². The van der Waals surface area contributed by atoms with Gasteiger partial charge in [0.05, 0.1) is 45.2 Å². The van der Waals surface area contributed by atoms with Gasteiger partial charge in [-0.15, -0.1) is 0 Å². The molecule has 0 saturated carbocycles. The van der Waals surface area contributed by atoms with E-state index in [0.717, 1.165) is 28.7 Å². The fourth-order valence-electron chi connectivity index (χ4n) is 6.32. The van der Waals surface area contributed by atoms with E-state index in [0.29, 0.717) is 32.8 Å². The molecule has 0 bridgehead atoms. The predicted octanol–water partition coefficient (Wildman–Crippen LogP) is 7.24. The molecular weight excluding hydrogens is 620 g/mol. The summed E-state index contributed by atoms with van der Waals surface area (Å²) in [6.45, 7) is 3.93. The number of rotatable bonds is 16. The van der Waals surface area contributed by atoms with Crippen LogP contribution in [0.2, 0.25) is 0 Å². The van der Waals surface area contributed by atoms with Crippen molar-refractivity contribution in [2.24, 2.45) is 0 Å². The molecule has 4 aromatic rings. The highest BCUT2D eigenvalue weighted by molar-refractivity contribution is 5.16. The second-order valence-electron chi connectivity index (χ2n) is 12.6. The van der Waals surface area contributed by atoms with Crippen molar-refractivity contribution in [3.63, 3.8) is 0 Å². The maximum Gasteiger partial charge on any atom is 0.186 e. The molecule has 49 heavy (non-hydrogen) atoms. The van der Waals surface area contributed by atoms with E-state index in [-0.39, 0.29) is 18.8 Å². The van der Waals surface area contributed by atoms with Gasteiger partial charge in [0.2, 0.25) is 0 Å². The highest BCUT2D eigenvalue weighted by Gasteiger charge is 2.49. The average molecular weight is 669 g/mol. The van der Waals surface area contributed by atoms with Gasteiger partial charge in [0, 0.05) is 13.5 Å². The lowest BCUT2D eigenvalue weighted by Gasteiger charge is -2.46. The van der Waals surface area contributed by atoms with Gasteiger partial charge in [0.15, 0.2) is 12.6 Å². The van der Waals surface area contributed by atoms with Gasteiger partial charge in [-0.1, -0.05) is 121 Å². The first-order chi connectivity index (χ1) is 24.2. The van der Waals surface area contributed by atoms with Crippen LogP contribution in [0.15, 0.2) is 121 Å². The summed E-state index contributed by atoms with van der Waals surface area (Å²) in [4.78, 5) is 0. The molecule has 0 aliphatic carbocycles. The van der Waals surface area contributed by atoms with Gasteiger partial charge in [-0.3, -0.25) is 0 Å². The summed E-state index contributed by atoms with van der Waals surface area (Å²) in [5.41, 5.74) is 4.28. The highest BCUT2D eigenvalue weighted by atomic mass is 16.7. The zero-order valence-electron chi connectivity index (χ0n) is 28.4. The van der Waals surface area contributed by atoms with Crippen LogP contribution < -0.4 is 0 Å². The number of methoxy groups -OCH3 is 1.